The molecule has 1 aliphatic rings. The van der Waals surface area contributed by atoms with E-state index in [2.05, 4.69) is 39.4 Å². The number of nitro benzene ring substituents is 1. The zero-order valence-corrected chi connectivity index (χ0v) is 17.0. The second-order valence-corrected chi connectivity index (χ2v) is 7.35. The quantitative estimate of drug-likeness (QED) is 0.366. The van der Waals surface area contributed by atoms with Gasteiger partial charge in [-0.05, 0) is 24.6 Å². The monoisotopic (exact) mass is 412 g/mol. The fourth-order valence-corrected chi connectivity index (χ4v) is 3.43. The van der Waals surface area contributed by atoms with E-state index in [9.17, 15) is 14.9 Å². The second-order valence-electron chi connectivity index (χ2n) is 7.35. The molecule has 1 heterocycles. The zero-order valence-electron chi connectivity index (χ0n) is 17.0. The summed E-state index contributed by atoms with van der Waals surface area (Å²) in [5.41, 5.74) is 1.29. The first kappa shape index (κ1) is 21.7. The van der Waals surface area contributed by atoms with Gasteiger partial charge in [0.2, 0.25) is 0 Å². The maximum Gasteiger partial charge on any atom is 0.273 e. The van der Waals surface area contributed by atoms with Gasteiger partial charge in [-0.15, -0.1) is 0 Å². The van der Waals surface area contributed by atoms with Gasteiger partial charge in [0, 0.05) is 45.3 Å². The molecule has 0 spiro atoms. The molecule has 1 aliphatic heterocycles. The Labute approximate surface area is 176 Å². The molecule has 8 heteroatoms. The molecule has 1 fully saturated rings. The number of benzene rings is 2. The Kier molecular flexibility index (Phi) is 8.17. The zero-order chi connectivity index (χ0) is 21.2. The summed E-state index contributed by atoms with van der Waals surface area (Å²) in [4.78, 5) is 27.1. The number of hydrogen-bond donors (Lipinski definition) is 1. The van der Waals surface area contributed by atoms with Gasteiger partial charge in [-0.25, -0.2) is 0 Å². The second kappa shape index (κ2) is 11.3. The van der Waals surface area contributed by atoms with Gasteiger partial charge in [-0.1, -0.05) is 36.4 Å². The number of ether oxygens (including phenoxy) is 1. The first-order valence-corrected chi connectivity index (χ1v) is 10.2. The van der Waals surface area contributed by atoms with E-state index in [1.807, 2.05) is 6.07 Å². The van der Waals surface area contributed by atoms with Crippen LogP contribution in [0.4, 0.5) is 5.69 Å². The topological polar surface area (TPSA) is 87.9 Å². The lowest BCUT2D eigenvalue weighted by Crippen LogP contribution is -2.46. The van der Waals surface area contributed by atoms with E-state index in [1.165, 1.54) is 23.8 Å². The minimum atomic E-state index is -0.492. The Morgan fingerprint density at radius 2 is 1.77 bits per heavy atom. The Morgan fingerprint density at radius 1 is 1.03 bits per heavy atom. The van der Waals surface area contributed by atoms with E-state index in [4.69, 9.17) is 4.74 Å². The Balaban J connectivity index is 1.26. The summed E-state index contributed by atoms with van der Waals surface area (Å²) in [7, 11) is 0. The van der Waals surface area contributed by atoms with Crippen molar-refractivity contribution in [1.29, 1.82) is 0 Å². The molecule has 30 heavy (non-hydrogen) atoms. The fourth-order valence-electron chi connectivity index (χ4n) is 3.43. The molecule has 0 saturated carbocycles. The summed E-state index contributed by atoms with van der Waals surface area (Å²) in [6, 6.07) is 16.3. The number of nitrogens with zero attached hydrogens (tertiary/aromatic N) is 3. The molecule has 3 rings (SSSR count). The highest BCUT2D eigenvalue weighted by Gasteiger charge is 2.16. The lowest BCUT2D eigenvalue weighted by atomic mass is 10.2. The third-order valence-corrected chi connectivity index (χ3v) is 5.09. The highest BCUT2D eigenvalue weighted by molar-refractivity contribution is 5.77. The fraction of sp³-hybridized carbons (Fsp3) is 0.409. The summed E-state index contributed by atoms with van der Waals surface area (Å²) in [6.07, 6.45) is 0.876. The summed E-state index contributed by atoms with van der Waals surface area (Å²) in [5, 5.41) is 13.6. The predicted molar refractivity (Wildman–Crippen MR) is 114 cm³/mol. The summed E-state index contributed by atoms with van der Waals surface area (Å²) >= 11 is 0. The predicted octanol–water partition coefficient (Wildman–Crippen LogP) is 2.30. The number of carbonyl (C=O) groups is 1. The van der Waals surface area contributed by atoms with Crippen LogP contribution in [0.15, 0.2) is 54.6 Å². The smallest absolute Gasteiger partial charge is 0.273 e. The van der Waals surface area contributed by atoms with Crippen molar-refractivity contribution in [3.63, 3.8) is 0 Å². The van der Waals surface area contributed by atoms with Crippen molar-refractivity contribution in [3.8, 4) is 5.75 Å². The van der Waals surface area contributed by atoms with Crippen LogP contribution in [0.5, 0.6) is 5.75 Å². The molecular formula is C22H28N4O4. The van der Waals surface area contributed by atoms with Crippen LogP contribution in [0.2, 0.25) is 0 Å². The summed E-state index contributed by atoms with van der Waals surface area (Å²) < 4.78 is 5.33. The van der Waals surface area contributed by atoms with Crippen molar-refractivity contribution in [2.24, 2.45) is 0 Å². The van der Waals surface area contributed by atoms with Gasteiger partial charge in [0.05, 0.1) is 11.0 Å². The molecule has 0 radical (unpaired) electrons. The third kappa shape index (κ3) is 7.13. The summed E-state index contributed by atoms with van der Waals surface area (Å²) in [6.45, 7) is 6.56. The largest absolute Gasteiger partial charge is 0.484 e. The average Bonchev–Trinajstić information content (AvgIpc) is 2.77. The van der Waals surface area contributed by atoms with Gasteiger partial charge in [0.25, 0.3) is 11.6 Å². The van der Waals surface area contributed by atoms with Gasteiger partial charge >= 0.3 is 0 Å². The number of rotatable bonds is 10. The Morgan fingerprint density at radius 3 is 2.50 bits per heavy atom. The van der Waals surface area contributed by atoms with Gasteiger partial charge in [0.1, 0.15) is 5.75 Å². The van der Waals surface area contributed by atoms with Crippen molar-refractivity contribution in [2.75, 3.05) is 45.9 Å². The van der Waals surface area contributed by atoms with Crippen molar-refractivity contribution in [2.45, 2.75) is 13.0 Å². The van der Waals surface area contributed by atoms with E-state index in [0.717, 1.165) is 45.7 Å². The number of nitrogens with one attached hydrogen (secondary N) is 1. The molecule has 0 atom stereocenters. The SMILES string of the molecule is O=C(COc1cccc([N+](=O)[O-])c1)NCCCN1CCN(Cc2ccccc2)CC1. The van der Waals surface area contributed by atoms with Crippen LogP contribution in [-0.2, 0) is 11.3 Å². The highest BCUT2D eigenvalue weighted by atomic mass is 16.6. The normalized spacial score (nSPS) is 14.9. The Hall–Kier alpha value is -2.97. The molecule has 160 valence electrons. The van der Waals surface area contributed by atoms with Crippen LogP contribution in [0.1, 0.15) is 12.0 Å². The van der Waals surface area contributed by atoms with E-state index < -0.39 is 4.92 Å². The molecule has 1 amide bonds. The number of piperazine rings is 1. The molecule has 0 aromatic heterocycles. The van der Waals surface area contributed by atoms with Crippen LogP contribution in [0, 0.1) is 10.1 Å². The molecule has 2 aromatic rings. The molecule has 2 aromatic carbocycles. The van der Waals surface area contributed by atoms with Crippen molar-refractivity contribution < 1.29 is 14.5 Å². The number of amides is 1. The minimum Gasteiger partial charge on any atom is -0.484 e. The van der Waals surface area contributed by atoms with Crippen LogP contribution >= 0.6 is 0 Å². The van der Waals surface area contributed by atoms with Crippen LogP contribution < -0.4 is 10.1 Å². The van der Waals surface area contributed by atoms with Gasteiger partial charge in [-0.3, -0.25) is 19.8 Å². The molecule has 0 aliphatic carbocycles. The third-order valence-electron chi connectivity index (χ3n) is 5.09. The molecular weight excluding hydrogens is 384 g/mol. The minimum absolute atomic E-state index is 0.0585. The number of carbonyl (C=O) groups excluding carboxylic acids is 1. The molecule has 1 saturated heterocycles. The molecule has 8 nitrogen and oxygen atoms in total. The van der Waals surface area contributed by atoms with Gasteiger partial charge in [0.15, 0.2) is 6.61 Å². The first-order valence-electron chi connectivity index (χ1n) is 10.2. The highest BCUT2D eigenvalue weighted by Crippen LogP contribution is 2.18. The van der Waals surface area contributed by atoms with E-state index in [-0.39, 0.29) is 18.2 Å². The molecule has 0 bridgehead atoms. The van der Waals surface area contributed by atoms with Crippen molar-refractivity contribution in [3.05, 3.63) is 70.3 Å². The van der Waals surface area contributed by atoms with E-state index in [1.54, 1.807) is 6.07 Å². The van der Waals surface area contributed by atoms with Crippen LogP contribution in [0.3, 0.4) is 0 Å². The maximum atomic E-state index is 11.9. The average molecular weight is 412 g/mol. The molecule has 0 unspecified atom stereocenters. The van der Waals surface area contributed by atoms with E-state index >= 15 is 0 Å². The standard InChI is InChI=1S/C22H28N4O4/c27-22(18-30-21-9-4-8-20(16-21)26(28)29)23-10-5-11-24-12-14-25(15-13-24)17-19-6-2-1-3-7-19/h1-4,6-9,16H,5,10-15,17-18H2,(H,23,27). The lowest BCUT2D eigenvalue weighted by Gasteiger charge is -2.34. The summed E-state index contributed by atoms with van der Waals surface area (Å²) in [5.74, 6) is 0.0851. The maximum absolute atomic E-state index is 11.9. The lowest BCUT2D eigenvalue weighted by molar-refractivity contribution is -0.384. The number of non-ortho nitro benzene ring substituents is 1. The molecule has 1 N–H and O–H groups in total. The number of hydrogen-bond acceptors (Lipinski definition) is 6. The van der Waals surface area contributed by atoms with Crippen molar-refractivity contribution >= 4 is 11.6 Å². The van der Waals surface area contributed by atoms with Gasteiger partial charge in [-0.2, -0.15) is 0 Å². The number of nitro groups is 1. The first-order chi connectivity index (χ1) is 14.6. The van der Waals surface area contributed by atoms with Crippen LogP contribution in [0.25, 0.3) is 0 Å². The van der Waals surface area contributed by atoms with Crippen LogP contribution in [-0.4, -0.2) is 66.5 Å². The van der Waals surface area contributed by atoms with E-state index in [0.29, 0.717) is 12.3 Å². The Bertz CT molecular complexity index is 823. The van der Waals surface area contributed by atoms with Gasteiger partial charge < -0.3 is 15.0 Å². The van der Waals surface area contributed by atoms with Crippen molar-refractivity contribution in [1.82, 2.24) is 15.1 Å².